The van der Waals surface area contributed by atoms with Crippen LogP contribution in [-0.4, -0.2) is 30.5 Å². The SMILES string of the molecule is OC[C@@H]1O[C@H]1CCOCc1ccccc1. The lowest BCUT2D eigenvalue weighted by Gasteiger charge is -2.02. The van der Waals surface area contributed by atoms with Crippen LogP contribution in [0.15, 0.2) is 30.3 Å². The molecule has 0 saturated carbocycles. The number of ether oxygens (including phenoxy) is 2. The van der Waals surface area contributed by atoms with Gasteiger partial charge in [0.2, 0.25) is 0 Å². The second-order valence-corrected chi connectivity index (χ2v) is 3.72. The summed E-state index contributed by atoms with van der Waals surface area (Å²) >= 11 is 0. The van der Waals surface area contributed by atoms with Crippen LogP contribution in [0.1, 0.15) is 12.0 Å². The largest absolute Gasteiger partial charge is 0.394 e. The third kappa shape index (κ3) is 3.30. The van der Waals surface area contributed by atoms with Crippen LogP contribution in [0.4, 0.5) is 0 Å². The third-order valence-corrected chi connectivity index (χ3v) is 2.53. The summed E-state index contributed by atoms with van der Waals surface area (Å²) in [6.07, 6.45) is 1.15. The van der Waals surface area contributed by atoms with Crippen molar-refractivity contribution in [1.29, 1.82) is 0 Å². The quantitative estimate of drug-likeness (QED) is 0.567. The van der Waals surface area contributed by atoms with Gasteiger partial charge in [0.15, 0.2) is 0 Å². The van der Waals surface area contributed by atoms with Gasteiger partial charge >= 0.3 is 0 Å². The van der Waals surface area contributed by atoms with E-state index >= 15 is 0 Å². The molecule has 1 aliphatic rings. The molecule has 1 aliphatic heterocycles. The molecule has 0 aliphatic carbocycles. The van der Waals surface area contributed by atoms with E-state index < -0.39 is 0 Å². The average molecular weight is 208 g/mol. The Hall–Kier alpha value is -0.900. The van der Waals surface area contributed by atoms with Gasteiger partial charge in [-0.3, -0.25) is 0 Å². The van der Waals surface area contributed by atoms with Crippen LogP contribution in [0.5, 0.6) is 0 Å². The van der Waals surface area contributed by atoms with Crippen molar-refractivity contribution in [3.8, 4) is 0 Å². The topological polar surface area (TPSA) is 42.0 Å². The second-order valence-electron chi connectivity index (χ2n) is 3.72. The summed E-state index contributed by atoms with van der Waals surface area (Å²) in [5.74, 6) is 0. The fourth-order valence-corrected chi connectivity index (χ4v) is 1.56. The lowest BCUT2D eigenvalue weighted by molar-refractivity contribution is 0.113. The summed E-state index contributed by atoms with van der Waals surface area (Å²) in [5.41, 5.74) is 1.19. The maximum absolute atomic E-state index is 8.75. The van der Waals surface area contributed by atoms with E-state index in [4.69, 9.17) is 14.6 Å². The molecule has 2 atom stereocenters. The molecular formula is C12H16O3. The molecule has 0 unspecified atom stereocenters. The summed E-state index contributed by atoms with van der Waals surface area (Å²) in [4.78, 5) is 0. The van der Waals surface area contributed by atoms with E-state index in [1.54, 1.807) is 0 Å². The van der Waals surface area contributed by atoms with Crippen molar-refractivity contribution in [1.82, 2.24) is 0 Å². The first-order valence-electron chi connectivity index (χ1n) is 5.28. The highest BCUT2D eigenvalue weighted by Crippen LogP contribution is 2.24. The van der Waals surface area contributed by atoms with Crippen molar-refractivity contribution >= 4 is 0 Å². The molecule has 0 amide bonds. The molecule has 0 aromatic heterocycles. The van der Waals surface area contributed by atoms with Gasteiger partial charge in [-0.2, -0.15) is 0 Å². The molecule has 15 heavy (non-hydrogen) atoms. The number of aliphatic hydroxyl groups excluding tert-OH is 1. The van der Waals surface area contributed by atoms with E-state index in [0.29, 0.717) is 13.2 Å². The summed E-state index contributed by atoms with van der Waals surface area (Å²) in [6, 6.07) is 10.1. The second kappa shape index (κ2) is 5.26. The molecule has 1 aromatic carbocycles. The average Bonchev–Trinajstić information content (AvgIpc) is 3.05. The van der Waals surface area contributed by atoms with Crippen molar-refractivity contribution in [2.24, 2.45) is 0 Å². The zero-order chi connectivity index (χ0) is 10.5. The number of rotatable bonds is 6. The highest BCUT2D eigenvalue weighted by atomic mass is 16.6. The van der Waals surface area contributed by atoms with Crippen molar-refractivity contribution in [2.45, 2.75) is 25.2 Å². The summed E-state index contributed by atoms with van der Waals surface area (Å²) in [5, 5.41) is 8.75. The van der Waals surface area contributed by atoms with Crippen LogP contribution in [0.25, 0.3) is 0 Å². The van der Waals surface area contributed by atoms with Gasteiger partial charge in [0.1, 0.15) is 6.10 Å². The molecule has 1 N–H and O–H groups in total. The molecule has 3 nitrogen and oxygen atoms in total. The van der Waals surface area contributed by atoms with E-state index in [0.717, 1.165) is 6.42 Å². The number of hydrogen-bond donors (Lipinski definition) is 1. The van der Waals surface area contributed by atoms with E-state index in [1.807, 2.05) is 30.3 Å². The lowest BCUT2D eigenvalue weighted by atomic mass is 10.2. The van der Waals surface area contributed by atoms with Crippen LogP contribution in [0.2, 0.25) is 0 Å². The van der Waals surface area contributed by atoms with E-state index in [2.05, 4.69) is 0 Å². The van der Waals surface area contributed by atoms with Gasteiger partial charge in [-0.05, 0) is 12.0 Å². The predicted molar refractivity (Wildman–Crippen MR) is 56.5 cm³/mol. The number of epoxide rings is 1. The minimum Gasteiger partial charge on any atom is -0.394 e. The van der Waals surface area contributed by atoms with Gasteiger partial charge in [0, 0.05) is 6.61 Å². The Morgan fingerprint density at radius 2 is 2.00 bits per heavy atom. The van der Waals surface area contributed by atoms with Crippen LogP contribution in [0, 0.1) is 0 Å². The molecule has 82 valence electrons. The van der Waals surface area contributed by atoms with E-state index in [1.165, 1.54) is 5.56 Å². The summed E-state index contributed by atoms with van der Waals surface area (Å²) in [7, 11) is 0. The Morgan fingerprint density at radius 1 is 1.20 bits per heavy atom. The molecular weight excluding hydrogens is 192 g/mol. The fraction of sp³-hybridized carbons (Fsp3) is 0.500. The molecule has 0 spiro atoms. The Morgan fingerprint density at radius 3 is 2.67 bits per heavy atom. The highest BCUT2D eigenvalue weighted by Gasteiger charge is 2.37. The Bertz CT molecular complexity index is 286. The monoisotopic (exact) mass is 208 g/mol. The van der Waals surface area contributed by atoms with Crippen LogP contribution in [0.3, 0.4) is 0 Å². The van der Waals surface area contributed by atoms with Gasteiger partial charge in [-0.15, -0.1) is 0 Å². The number of benzene rings is 1. The van der Waals surface area contributed by atoms with Crippen molar-refractivity contribution in [3.05, 3.63) is 35.9 Å². The van der Waals surface area contributed by atoms with Crippen LogP contribution in [-0.2, 0) is 16.1 Å². The first-order valence-corrected chi connectivity index (χ1v) is 5.28. The van der Waals surface area contributed by atoms with Gasteiger partial charge < -0.3 is 14.6 Å². The molecule has 3 heteroatoms. The van der Waals surface area contributed by atoms with Gasteiger partial charge in [-0.25, -0.2) is 0 Å². The Kier molecular flexibility index (Phi) is 3.72. The molecule has 1 heterocycles. The maximum Gasteiger partial charge on any atom is 0.107 e. The fourth-order valence-electron chi connectivity index (χ4n) is 1.56. The zero-order valence-electron chi connectivity index (χ0n) is 8.63. The molecule has 1 saturated heterocycles. The first kappa shape index (κ1) is 10.6. The molecule has 0 bridgehead atoms. The lowest BCUT2D eigenvalue weighted by Crippen LogP contribution is -2.03. The summed E-state index contributed by atoms with van der Waals surface area (Å²) < 4.78 is 10.7. The van der Waals surface area contributed by atoms with Crippen molar-refractivity contribution < 1.29 is 14.6 Å². The molecule has 1 fully saturated rings. The van der Waals surface area contributed by atoms with Gasteiger partial charge in [-0.1, -0.05) is 30.3 Å². The van der Waals surface area contributed by atoms with Crippen LogP contribution < -0.4 is 0 Å². The number of hydrogen-bond acceptors (Lipinski definition) is 3. The third-order valence-electron chi connectivity index (χ3n) is 2.53. The standard InChI is InChI=1S/C12H16O3/c13-8-12-11(15-12)6-7-14-9-10-4-2-1-3-5-10/h1-5,11-13H,6-9H2/t11-,12-/m0/s1. The normalized spacial score (nSPS) is 24.1. The zero-order valence-corrected chi connectivity index (χ0v) is 8.63. The van der Waals surface area contributed by atoms with Gasteiger partial charge in [0.05, 0.1) is 19.3 Å². The minimum absolute atomic E-state index is 0.0605. The smallest absolute Gasteiger partial charge is 0.107 e. The molecule has 1 aromatic rings. The predicted octanol–water partition coefficient (Wildman–Crippen LogP) is 1.35. The maximum atomic E-state index is 8.75. The molecule has 2 rings (SSSR count). The molecule has 0 radical (unpaired) electrons. The Balaban J connectivity index is 1.56. The minimum atomic E-state index is 0.0605. The highest BCUT2D eigenvalue weighted by molar-refractivity contribution is 5.13. The number of aliphatic hydroxyl groups is 1. The van der Waals surface area contributed by atoms with E-state index in [9.17, 15) is 0 Å². The van der Waals surface area contributed by atoms with Gasteiger partial charge in [0.25, 0.3) is 0 Å². The van der Waals surface area contributed by atoms with Crippen molar-refractivity contribution in [2.75, 3.05) is 13.2 Å². The van der Waals surface area contributed by atoms with Crippen LogP contribution >= 0.6 is 0 Å². The summed E-state index contributed by atoms with van der Waals surface area (Å²) in [6.45, 7) is 1.47. The van der Waals surface area contributed by atoms with E-state index in [-0.39, 0.29) is 18.8 Å². The van der Waals surface area contributed by atoms with Crippen molar-refractivity contribution in [3.63, 3.8) is 0 Å². The Labute approximate surface area is 89.6 Å². The first-order chi connectivity index (χ1) is 7.40.